The number of esters is 1. The van der Waals surface area contributed by atoms with Gasteiger partial charge in [0.05, 0.1) is 37.9 Å². The fourth-order valence-electron chi connectivity index (χ4n) is 4.43. The molecule has 1 saturated carbocycles. The molecule has 1 aliphatic heterocycles. The average molecular weight is 589 g/mol. The van der Waals surface area contributed by atoms with Gasteiger partial charge in [-0.05, 0) is 66.8 Å². The van der Waals surface area contributed by atoms with E-state index in [4.69, 9.17) is 18.9 Å². The number of methoxy groups -OCH3 is 2. The van der Waals surface area contributed by atoms with Gasteiger partial charge >= 0.3 is 5.97 Å². The van der Waals surface area contributed by atoms with Gasteiger partial charge in [-0.1, -0.05) is 12.1 Å². The second-order valence-electron chi connectivity index (χ2n) is 9.86. The molecular weight excluding hydrogens is 552 g/mol. The number of nitrogens with zero attached hydrogens (tertiary/aromatic N) is 1. The lowest BCUT2D eigenvalue weighted by Crippen LogP contribution is -2.38. The lowest BCUT2D eigenvalue weighted by Gasteiger charge is -2.30. The molecule has 0 unspecified atom stereocenters. The molecule has 1 heterocycles. The van der Waals surface area contributed by atoms with Crippen LogP contribution in [0, 0.1) is 5.92 Å². The molecule has 2 N–H and O–H groups in total. The summed E-state index contributed by atoms with van der Waals surface area (Å²) in [5, 5.41) is 12.4. The number of nitrogens with one attached hydrogen (secondary N) is 1. The third kappa shape index (κ3) is 8.07. The van der Waals surface area contributed by atoms with E-state index in [9.17, 15) is 23.1 Å². The van der Waals surface area contributed by atoms with Crippen molar-refractivity contribution in [3.63, 3.8) is 0 Å². The van der Waals surface area contributed by atoms with E-state index in [1.54, 1.807) is 42.5 Å². The normalized spacial score (nSPS) is 18.8. The van der Waals surface area contributed by atoms with Crippen LogP contribution in [0.3, 0.4) is 0 Å². The Kier molecular flexibility index (Phi) is 10.4. The zero-order valence-electron chi connectivity index (χ0n) is 23.2. The minimum absolute atomic E-state index is 0.0367. The second kappa shape index (κ2) is 13.9. The summed E-state index contributed by atoms with van der Waals surface area (Å²) in [4.78, 5) is 24.8. The maximum atomic E-state index is 13.2. The third-order valence-electron chi connectivity index (χ3n) is 6.98. The van der Waals surface area contributed by atoms with Crippen molar-refractivity contribution in [2.75, 3.05) is 47.1 Å². The Morgan fingerprint density at radius 2 is 1.76 bits per heavy atom. The van der Waals surface area contributed by atoms with Crippen molar-refractivity contribution >= 4 is 21.9 Å². The van der Waals surface area contributed by atoms with Crippen molar-refractivity contribution in [1.82, 2.24) is 9.62 Å². The first kappa shape index (κ1) is 30.5. The maximum Gasteiger partial charge on any atom is 0.337 e. The molecule has 12 heteroatoms. The zero-order chi connectivity index (χ0) is 29.4. The van der Waals surface area contributed by atoms with Crippen LogP contribution >= 0.6 is 0 Å². The molecule has 1 fully saturated rings. The fraction of sp³-hybridized carbons (Fsp3) is 0.448. The van der Waals surface area contributed by atoms with Crippen LogP contribution in [-0.4, -0.2) is 83.1 Å². The molecule has 222 valence electrons. The summed E-state index contributed by atoms with van der Waals surface area (Å²) in [6.45, 7) is 0.00819. The molecule has 1 aliphatic carbocycles. The lowest BCUT2D eigenvalue weighted by molar-refractivity contribution is -0.146. The number of amides is 1. The van der Waals surface area contributed by atoms with Crippen LogP contribution in [-0.2, 0) is 29.0 Å². The first-order chi connectivity index (χ1) is 19.7. The standard InChI is InChI=1S/C29H36N2O9S/c1-37-24-9-11-25(12-10-24)41(35,36)31(13-15-32)14-16-39-27-18-23(21-5-7-22(8-6-21)29(34)38-2)17-26(40-27)28(33)30-19-20-3-4-20/h5-12,17,20,23,27,32H,3-4,13-16,18-19H2,1-2H3,(H,30,33)/t23-,27+/m0/s1. The Morgan fingerprint density at radius 1 is 1.05 bits per heavy atom. The van der Waals surface area contributed by atoms with E-state index in [0.29, 0.717) is 30.2 Å². The summed E-state index contributed by atoms with van der Waals surface area (Å²) in [6, 6.07) is 12.9. The Hall–Kier alpha value is -3.45. The summed E-state index contributed by atoms with van der Waals surface area (Å²) in [6.07, 6.45) is 3.45. The van der Waals surface area contributed by atoms with Crippen LogP contribution < -0.4 is 10.1 Å². The number of aliphatic hydroxyl groups excluding tert-OH is 1. The number of benzene rings is 2. The smallest absolute Gasteiger partial charge is 0.337 e. The third-order valence-corrected chi connectivity index (χ3v) is 8.89. The Balaban J connectivity index is 1.45. The van der Waals surface area contributed by atoms with Crippen molar-refractivity contribution < 1.29 is 42.1 Å². The van der Waals surface area contributed by atoms with Gasteiger partial charge in [-0.15, -0.1) is 0 Å². The Morgan fingerprint density at radius 3 is 2.37 bits per heavy atom. The molecule has 2 aromatic carbocycles. The van der Waals surface area contributed by atoms with Crippen LogP contribution in [0.4, 0.5) is 0 Å². The number of ether oxygens (including phenoxy) is 4. The van der Waals surface area contributed by atoms with Crippen molar-refractivity contribution in [2.24, 2.45) is 5.92 Å². The maximum absolute atomic E-state index is 13.2. The van der Waals surface area contributed by atoms with Gasteiger partial charge in [-0.3, -0.25) is 4.79 Å². The van der Waals surface area contributed by atoms with Crippen LogP contribution in [0.2, 0.25) is 0 Å². The molecule has 41 heavy (non-hydrogen) atoms. The molecule has 0 bridgehead atoms. The molecule has 0 spiro atoms. The van der Waals surface area contributed by atoms with Crippen LogP contribution in [0.1, 0.15) is 41.1 Å². The highest BCUT2D eigenvalue weighted by atomic mass is 32.2. The van der Waals surface area contributed by atoms with Crippen molar-refractivity contribution in [2.45, 2.75) is 36.4 Å². The molecule has 11 nitrogen and oxygen atoms in total. The predicted molar refractivity (Wildman–Crippen MR) is 149 cm³/mol. The molecule has 0 radical (unpaired) electrons. The van der Waals surface area contributed by atoms with Crippen molar-refractivity contribution in [3.8, 4) is 5.75 Å². The number of rotatable bonds is 14. The van der Waals surface area contributed by atoms with Crippen LogP contribution in [0.5, 0.6) is 5.75 Å². The van der Waals surface area contributed by atoms with Gasteiger partial charge < -0.3 is 29.4 Å². The monoisotopic (exact) mass is 588 g/mol. The highest BCUT2D eigenvalue weighted by Crippen LogP contribution is 2.32. The fourth-order valence-corrected chi connectivity index (χ4v) is 5.84. The zero-order valence-corrected chi connectivity index (χ0v) is 24.0. The number of sulfonamides is 1. The molecule has 0 aromatic heterocycles. The van der Waals surface area contributed by atoms with E-state index >= 15 is 0 Å². The summed E-state index contributed by atoms with van der Waals surface area (Å²) in [5.74, 6) is 0.0977. The van der Waals surface area contributed by atoms with Gasteiger partial charge in [0.1, 0.15) is 5.75 Å². The van der Waals surface area contributed by atoms with Crippen molar-refractivity contribution in [1.29, 1.82) is 0 Å². The SMILES string of the molecule is COC(=O)c1ccc([C@H]2C=C(C(=O)NCC3CC3)O[C@@H](OCCN(CCO)S(=O)(=O)c3ccc(OC)cc3)C2)cc1. The number of hydrogen-bond acceptors (Lipinski definition) is 9. The van der Waals surface area contributed by atoms with Crippen LogP contribution in [0.25, 0.3) is 0 Å². The number of carbonyl (C=O) groups is 2. The lowest BCUT2D eigenvalue weighted by atomic mass is 9.92. The number of carbonyl (C=O) groups excluding carboxylic acids is 2. The first-order valence-electron chi connectivity index (χ1n) is 13.5. The predicted octanol–water partition coefficient (Wildman–Crippen LogP) is 2.42. The quantitative estimate of drug-likeness (QED) is 0.318. The van der Waals surface area contributed by atoms with Gasteiger partial charge in [0.2, 0.25) is 16.3 Å². The second-order valence-corrected chi connectivity index (χ2v) is 11.8. The van der Waals surface area contributed by atoms with Crippen LogP contribution in [0.15, 0.2) is 65.3 Å². The Labute approximate surface area is 240 Å². The summed E-state index contributed by atoms with van der Waals surface area (Å²) >= 11 is 0. The minimum Gasteiger partial charge on any atom is -0.497 e. The Bertz CT molecular complexity index is 1320. The summed E-state index contributed by atoms with van der Waals surface area (Å²) < 4.78 is 49.3. The highest BCUT2D eigenvalue weighted by molar-refractivity contribution is 7.89. The minimum atomic E-state index is -3.91. The molecule has 4 rings (SSSR count). The summed E-state index contributed by atoms with van der Waals surface area (Å²) in [7, 11) is -1.10. The van der Waals surface area contributed by atoms with Gasteiger partial charge in [0.15, 0.2) is 5.76 Å². The number of hydrogen-bond donors (Lipinski definition) is 2. The van der Waals surface area contributed by atoms with Gasteiger partial charge in [0.25, 0.3) is 5.91 Å². The van der Waals surface area contributed by atoms with Gasteiger partial charge in [-0.25, -0.2) is 13.2 Å². The van der Waals surface area contributed by atoms with Crippen molar-refractivity contribution in [3.05, 3.63) is 71.5 Å². The van der Waals surface area contributed by atoms with E-state index in [2.05, 4.69) is 5.32 Å². The van der Waals surface area contributed by atoms with E-state index in [-0.39, 0.29) is 48.8 Å². The summed E-state index contributed by atoms with van der Waals surface area (Å²) in [5.41, 5.74) is 1.26. The largest absolute Gasteiger partial charge is 0.497 e. The van der Waals surface area contributed by atoms with Gasteiger partial charge in [-0.2, -0.15) is 4.31 Å². The average Bonchev–Trinajstić information content (AvgIpc) is 3.83. The highest BCUT2D eigenvalue weighted by Gasteiger charge is 2.31. The molecule has 1 amide bonds. The molecule has 2 aliphatic rings. The van der Waals surface area contributed by atoms with E-state index in [1.807, 2.05) is 0 Å². The topological polar surface area (TPSA) is 141 Å². The molecular formula is C29H36N2O9S. The number of aliphatic hydroxyl groups is 1. The van der Waals surface area contributed by atoms with E-state index in [1.165, 1.54) is 26.4 Å². The molecule has 2 atom stereocenters. The first-order valence-corrected chi connectivity index (χ1v) is 14.9. The van der Waals surface area contributed by atoms with E-state index < -0.39 is 22.3 Å². The van der Waals surface area contributed by atoms with Gasteiger partial charge in [0, 0.05) is 32.0 Å². The molecule has 2 aromatic rings. The number of allylic oxidation sites excluding steroid dienone is 1. The van der Waals surface area contributed by atoms with E-state index in [0.717, 1.165) is 22.7 Å². The molecule has 0 saturated heterocycles.